The Hall–Kier alpha value is -1.90. The highest BCUT2D eigenvalue weighted by atomic mass is 16.1. The van der Waals surface area contributed by atoms with Crippen molar-refractivity contribution in [3.8, 4) is 0 Å². The third-order valence-corrected chi connectivity index (χ3v) is 4.34. The Morgan fingerprint density at radius 3 is 2.35 bits per heavy atom. The Kier molecular flexibility index (Phi) is 6.57. The molecule has 1 aliphatic carbocycles. The molecular weight excluding hydrogens is 286 g/mol. The van der Waals surface area contributed by atoms with Gasteiger partial charge in [-0.1, -0.05) is 57.4 Å². The molecule has 1 saturated carbocycles. The van der Waals surface area contributed by atoms with Crippen molar-refractivity contribution in [3.05, 3.63) is 47.5 Å². The van der Waals surface area contributed by atoms with Gasteiger partial charge in [-0.15, -0.1) is 0 Å². The third kappa shape index (κ3) is 5.66. The van der Waals surface area contributed by atoms with E-state index >= 15 is 0 Å². The molecule has 2 rings (SSSR count). The maximum Gasteiger partial charge on any atom is 0.244 e. The summed E-state index contributed by atoms with van der Waals surface area (Å²) in [6, 6.07) is 7.89. The predicted molar refractivity (Wildman–Crippen MR) is 93.6 cm³/mol. The fourth-order valence-electron chi connectivity index (χ4n) is 2.97. The Morgan fingerprint density at radius 2 is 1.74 bits per heavy atom. The van der Waals surface area contributed by atoms with Crippen molar-refractivity contribution in [3.63, 3.8) is 0 Å². The van der Waals surface area contributed by atoms with Crippen LogP contribution in [0.4, 0.5) is 0 Å². The van der Waals surface area contributed by atoms with Gasteiger partial charge in [-0.05, 0) is 36.3 Å². The molecule has 3 nitrogen and oxygen atoms in total. The molecule has 1 aromatic rings. The number of rotatable bonds is 6. The minimum atomic E-state index is -0.217. The van der Waals surface area contributed by atoms with Crippen LogP contribution in [0.2, 0.25) is 0 Å². The molecule has 1 aliphatic rings. The molecule has 0 bridgehead atoms. The van der Waals surface area contributed by atoms with Crippen molar-refractivity contribution >= 4 is 11.7 Å². The lowest BCUT2D eigenvalue weighted by atomic mass is 9.84. The van der Waals surface area contributed by atoms with Gasteiger partial charge in [0.25, 0.3) is 0 Å². The maximum atomic E-state index is 12.1. The van der Waals surface area contributed by atoms with Crippen LogP contribution in [0.25, 0.3) is 0 Å². The second-order valence-electron chi connectivity index (χ2n) is 6.79. The van der Waals surface area contributed by atoms with Crippen molar-refractivity contribution in [2.45, 2.75) is 51.9 Å². The fraction of sp³-hybridized carbons (Fsp3) is 0.500. The Balaban J connectivity index is 1.90. The Bertz CT molecular complexity index is 552. The maximum absolute atomic E-state index is 12.1. The largest absolute Gasteiger partial charge is 0.352 e. The number of allylic oxidation sites excluding steroid dienone is 1. The summed E-state index contributed by atoms with van der Waals surface area (Å²) in [5.74, 6) is 0.700. The molecule has 0 spiro atoms. The van der Waals surface area contributed by atoms with Crippen molar-refractivity contribution in [2.24, 2.45) is 5.92 Å². The average Bonchev–Trinajstić information content (AvgIpc) is 2.58. The molecule has 0 unspecified atom stereocenters. The van der Waals surface area contributed by atoms with Crippen LogP contribution in [0.15, 0.2) is 36.4 Å². The monoisotopic (exact) mass is 313 g/mol. The zero-order valence-corrected chi connectivity index (χ0v) is 14.2. The van der Waals surface area contributed by atoms with Gasteiger partial charge in [-0.3, -0.25) is 9.59 Å². The van der Waals surface area contributed by atoms with Crippen LogP contribution in [0.1, 0.15) is 67.8 Å². The van der Waals surface area contributed by atoms with Gasteiger partial charge in [0.15, 0.2) is 5.78 Å². The minimum absolute atomic E-state index is 0.125. The summed E-state index contributed by atoms with van der Waals surface area (Å²) in [6.45, 7) is 4.68. The van der Waals surface area contributed by atoms with E-state index in [4.69, 9.17) is 0 Å². The molecule has 1 aromatic carbocycles. The highest BCUT2D eigenvalue weighted by Crippen LogP contribution is 2.32. The van der Waals surface area contributed by atoms with E-state index in [9.17, 15) is 9.59 Å². The first-order valence-corrected chi connectivity index (χ1v) is 8.66. The molecule has 0 aliphatic heterocycles. The van der Waals surface area contributed by atoms with Crippen LogP contribution in [0.5, 0.6) is 0 Å². The molecule has 0 saturated heterocycles. The van der Waals surface area contributed by atoms with Gasteiger partial charge in [-0.2, -0.15) is 0 Å². The molecule has 0 radical (unpaired) electrons. The zero-order valence-electron chi connectivity index (χ0n) is 14.2. The first kappa shape index (κ1) is 17.5. The minimum Gasteiger partial charge on any atom is -0.352 e. The number of hydrogen-bond acceptors (Lipinski definition) is 2. The number of hydrogen-bond donors (Lipinski definition) is 1. The SMILES string of the molecule is CC(C)CNC(=O)/C=C/C(=O)c1ccc(C2CCCCC2)cc1. The Labute approximate surface area is 139 Å². The molecule has 1 amide bonds. The molecule has 1 N–H and O–H groups in total. The predicted octanol–water partition coefficient (Wildman–Crippen LogP) is 4.25. The lowest BCUT2D eigenvalue weighted by Crippen LogP contribution is -2.25. The van der Waals surface area contributed by atoms with E-state index in [-0.39, 0.29) is 11.7 Å². The first-order chi connectivity index (χ1) is 11.1. The van der Waals surface area contributed by atoms with Crippen LogP contribution < -0.4 is 5.32 Å². The molecule has 1 fully saturated rings. The lowest BCUT2D eigenvalue weighted by Gasteiger charge is -2.21. The molecule has 0 aromatic heterocycles. The second kappa shape index (κ2) is 8.66. The van der Waals surface area contributed by atoms with E-state index in [0.717, 1.165) is 0 Å². The molecular formula is C20H27NO2. The number of ketones is 1. The van der Waals surface area contributed by atoms with Gasteiger partial charge in [-0.25, -0.2) is 0 Å². The van der Waals surface area contributed by atoms with E-state index in [1.54, 1.807) is 0 Å². The lowest BCUT2D eigenvalue weighted by molar-refractivity contribution is -0.116. The quantitative estimate of drug-likeness (QED) is 0.630. The summed E-state index contributed by atoms with van der Waals surface area (Å²) in [5, 5.41) is 2.76. The van der Waals surface area contributed by atoms with E-state index < -0.39 is 0 Å². The van der Waals surface area contributed by atoms with Crippen molar-refractivity contribution in [1.29, 1.82) is 0 Å². The highest BCUT2D eigenvalue weighted by Gasteiger charge is 2.15. The highest BCUT2D eigenvalue weighted by molar-refractivity contribution is 6.07. The van der Waals surface area contributed by atoms with Crippen molar-refractivity contribution < 1.29 is 9.59 Å². The molecule has 0 heterocycles. The van der Waals surface area contributed by atoms with E-state index in [2.05, 4.69) is 17.4 Å². The molecule has 124 valence electrons. The number of nitrogens with one attached hydrogen (secondary N) is 1. The summed E-state index contributed by atoms with van der Waals surface area (Å²) in [5.41, 5.74) is 1.97. The van der Waals surface area contributed by atoms with E-state index in [1.165, 1.54) is 49.8 Å². The normalized spacial score (nSPS) is 16.0. The van der Waals surface area contributed by atoms with Gasteiger partial charge in [0.1, 0.15) is 0 Å². The second-order valence-corrected chi connectivity index (χ2v) is 6.79. The smallest absolute Gasteiger partial charge is 0.244 e. The van der Waals surface area contributed by atoms with Crippen molar-refractivity contribution in [1.82, 2.24) is 5.32 Å². The summed E-state index contributed by atoms with van der Waals surface area (Å²) in [4.78, 5) is 23.7. The summed E-state index contributed by atoms with van der Waals surface area (Å²) >= 11 is 0. The third-order valence-electron chi connectivity index (χ3n) is 4.34. The fourth-order valence-corrected chi connectivity index (χ4v) is 2.97. The molecule has 3 heteroatoms. The molecule has 0 atom stereocenters. The van der Waals surface area contributed by atoms with Gasteiger partial charge >= 0.3 is 0 Å². The van der Waals surface area contributed by atoms with Gasteiger partial charge in [0.05, 0.1) is 0 Å². The number of carbonyl (C=O) groups excluding carboxylic acids is 2. The van der Waals surface area contributed by atoms with E-state index in [1.807, 2.05) is 26.0 Å². The number of benzene rings is 1. The van der Waals surface area contributed by atoms with Gasteiger partial charge in [0, 0.05) is 18.2 Å². The van der Waals surface area contributed by atoms with Crippen LogP contribution in [-0.4, -0.2) is 18.2 Å². The zero-order chi connectivity index (χ0) is 16.7. The summed E-state index contributed by atoms with van der Waals surface area (Å²) < 4.78 is 0. The van der Waals surface area contributed by atoms with Crippen LogP contribution in [0.3, 0.4) is 0 Å². The van der Waals surface area contributed by atoms with Crippen LogP contribution in [-0.2, 0) is 4.79 Å². The van der Waals surface area contributed by atoms with Gasteiger partial charge in [0.2, 0.25) is 5.91 Å². The Morgan fingerprint density at radius 1 is 1.09 bits per heavy atom. The standard InChI is InChI=1S/C20H27NO2/c1-15(2)14-21-20(23)13-12-19(22)18-10-8-17(9-11-18)16-6-4-3-5-7-16/h8-13,15-16H,3-7,14H2,1-2H3,(H,21,23)/b13-12+. The van der Waals surface area contributed by atoms with Crippen molar-refractivity contribution in [2.75, 3.05) is 6.54 Å². The number of carbonyl (C=O) groups is 2. The van der Waals surface area contributed by atoms with Crippen LogP contribution >= 0.6 is 0 Å². The molecule has 23 heavy (non-hydrogen) atoms. The number of amides is 1. The summed E-state index contributed by atoms with van der Waals surface area (Å²) in [6.07, 6.45) is 9.13. The first-order valence-electron chi connectivity index (χ1n) is 8.66. The van der Waals surface area contributed by atoms with Gasteiger partial charge < -0.3 is 5.32 Å². The topological polar surface area (TPSA) is 46.2 Å². The summed E-state index contributed by atoms with van der Waals surface area (Å²) in [7, 11) is 0. The average molecular weight is 313 g/mol. The van der Waals surface area contributed by atoms with Crippen LogP contribution in [0, 0.1) is 5.92 Å². The van der Waals surface area contributed by atoms with E-state index in [0.29, 0.717) is 23.9 Å².